The highest BCUT2D eigenvalue weighted by Crippen LogP contribution is 2.27. The van der Waals surface area contributed by atoms with Gasteiger partial charge in [-0.1, -0.05) is 0 Å². The number of hydrogen-bond acceptors (Lipinski definition) is 4. The summed E-state index contributed by atoms with van der Waals surface area (Å²) in [5, 5.41) is 10.3. The first-order valence-corrected chi connectivity index (χ1v) is 6.01. The highest BCUT2D eigenvalue weighted by atomic mass is 16.5. The van der Waals surface area contributed by atoms with E-state index in [9.17, 15) is 5.11 Å². The van der Waals surface area contributed by atoms with Gasteiger partial charge in [0.2, 0.25) is 0 Å². The van der Waals surface area contributed by atoms with Crippen molar-refractivity contribution in [3.05, 3.63) is 42.0 Å². The molecular formula is C14H18N2O3. The summed E-state index contributed by atoms with van der Waals surface area (Å²) in [5.74, 6) is 2.15. The molecule has 2 aromatic rings. The summed E-state index contributed by atoms with van der Waals surface area (Å²) in [5.41, 5.74) is 0.749. The zero-order valence-corrected chi connectivity index (χ0v) is 11.3. The van der Waals surface area contributed by atoms with Crippen LogP contribution < -0.4 is 9.47 Å². The molecule has 1 atom stereocenters. The summed E-state index contributed by atoms with van der Waals surface area (Å²) in [7, 11) is 5.08. The Bertz CT molecular complexity index is 529. The number of nitrogens with zero attached hydrogens (tertiary/aromatic N) is 2. The van der Waals surface area contributed by atoms with Crippen LogP contribution in [-0.4, -0.2) is 28.9 Å². The highest BCUT2D eigenvalue weighted by Gasteiger charge is 2.14. The van der Waals surface area contributed by atoms with Gasteiger partial charge in [0.05, 0.1) is 20.3 Å². The van der Waals surface area contributed by atoms with Crippen LogP contribution in [0.25, 0.3) is 0 Å². The molecule has 5 nitrogen and oxygen atoms in total. The molecule has 1 heterocycles. The first-order valence-electron chi connectivity index (χ1n) is 6.01. The molecule has 0 aliphatic rings. The lowest BCUT2D eigenvalue weighted by atomic mass is 10.1. The van der Waals surface area contributed by atoms with Gasteiger partial charge >= 0.3 is 0 Å². The van der Waals surface area contributed by atoms with Crippen molar-refractivity contribution in [1.29, 1.82) is 0 Å². The summed E-state index contributed by atoms with van der Waals surface area (Å²) in [4.78, 5) is 4.21. The molecule has 0 saturated heterocycles. The molecule has 1 N–H and O–H groups in total. The fourth-order valence-corrected chi connectivity index (χ4v) is 1.91. The maximum absolute atomic E-state index is 10.3. The summed E-state index contributed by atoms with van der Waals surface area (Å²) < 4.78 is 12.3. The number of aromatic nitrogens is 2. The van der Waals surface area contributed by atoms with Crippen LogP contribution in [0.3, 0.4) is 0 Å². The normalized spacial score (nSPS) is 12.2. The summed E-state index contributed by atoms with van der Waals surface area (Å²) in [6, 6.07) is 5.38. The molecule has 1 aromatic heterocycles. The average molecular weight is 262 g/mol. The van der Waals surface area contributed by atoms with Crippen molar-refractivity contribution in [1.82, 2.24) is 9.55 Å². The topological polar surface area (TPSA) is 56.5 Å². The fourth-order valence-electron chi connectivity index (χ4n) is 1.91. The van der Waals surface area contributed by atoms with E-state index >= 15 is 0 Å². The van der Waals surface area contributed by atoms with Gasteiger partial charge in [-0.3, -0.25) is 0 Å². The van der Waals surface area contributed by atoms with E-state index in [1.807, 2.05) is 17.8 Å². The van der Waals surface area contributed by atoms with Gasteiger partial charge in [-0.25, -0.2) is 4.98 Å². The number of hydrogen-bond donors (Lipinski definition) is 1. The summed E-state index contributed by atoms with van der Waals surface area (Å²) in [6.45, 7) is 0. The molecule has 0 saturated carbocycles. The van der Waals surface area contributed by atoms with E-state index in [0.29, 0.717) is 17.9 Å². The molecule has 0 fully saturated rings. The van der Waals surface area contributed by atoms with Crippen molar-refractivity contribution in [3.63, 3.8) is 0 Å². The Morgan fingerprint density at radius 3 is 2.32 bits per heavy atom. The predicted molar refractivity (Wildman–Crippen MR) is 71.4 cm³/mol. The lowest BCUT2D eigenvalue weighted by molar-refractivity contribution is 0.174. The molecule has 0 radical (unpaired) electrons. The zero-order valence-electron chi connectivity index (χ0n) is 11.3. The summed E-state index contributed by atoms with van der Waals surface area (Å²) in [6.07, 6.45) is 3.37. The third kappa shape index (κ3) is 3.06. The van der Waals surface area contributed by atoms with E-state index in [1.165, 1.54) is 0 Å². The lowest BCUT2D eigenvalue weighted by Gasteiger charge is -2.14. The number of benzene rings is 1. The van der Waals surface area contributed by atoms with Crippen molar-refractivity contribution in [3.8, 4) is 11.5 Å². The monoisotopic (exact) mass is 262 g/mol. The van der Waals surface area contributed by atoms with Crippen LogP contribution in [0.5, 0.6) is 11.5 Å². The molecule has 0 amide bonds. The maximum atomic E-state index is 10.3. The third-order valence-electron chi connectivity index (χ3n) is 3.06. The van der Waals surface area contributed by atoms with Crippen molar-refractivity contribution in [2.75, 3.05) is 14.2 Å². The van der Waals surface area contributed by atoms with Crippen molar-refractivity contribution in [2.45, 2.75) is 12.5 Å². The number of rotatable bonds is 5. The van der Waals surface area contributed by atoms with Crippen molar-refractivity contribution >= 4 is 0 Å². The minimum atomic E-state index is -0.648. The first kappa shape index (κ1) is 13.4. The second kappa shape index (κ2) is 5.75. The number of ether oxygens (including phenoxy) is 2. The molecule has 19 heavy (non-hydrogen) atoms. The number of aliphatic hydroxyl groups is 1. The minimum absolute atomic E-state index is 0.444. The third-order valence-corrected chi connectivity index (χ3v) is 3.06. The standard InChI is InChI=1S/C14H18N2O3/c1-16-5-4-15-14(16)9-13(17)10-6-11(18-2)8-12(7-10)19-3/h4-8,13,17H,9H2,1-3H3. The molecule has 0 spiro atoms. The highest BCUT2D eigenvalue weighted by molar-refractivity contribution is 5.39. The molecular weight excluding hydrogens is 244 g/mol. The van der Waals surface area contributed by atoms with E-state index in [1.54, 1.807) is 38.6 Å². The largest absolute Gasteiger partial charge is 0.497 e. The Balaban J connectivity index is 2.23. The Kier molecular flexibility index (Phi) is 4.06. The van der Waals surface area contributed by atoms with Crippen LogP contribution in [0.1, 0.15) is 17.5 Å². The van der Waals surface area contributed by atoms with E-state index in [0.717, 1.165) is 11.4 Å². The Morgan fingerprint density at radius 2 is 1.84 bits per heavy atom. The minimum Gasteiger partial charge on any atom is -0.497 e. The molecule has 1 aromatic carbocycles. The fraction of sp³-hybridized carbons (Fsp3) is 0.357. The van der Waals surface area contributed by atoms with Gasteiger partial charge < -0.3 is 19.1 Å². The van der Waals surface area contributed by atoms with Crippen LogP contribution in [-0.2, 0) is 13.5 Å². The molecule has 1 unspecified atom stereocenters. The van der Waals surface area contributed by atoms with E-state index in [4.69, 9.17) is 9.47 Å². The second-order valence-corrected chi connectivity index (χ2v) is 4.32. The van der Waals surface area contributed by atoms with Crippen LogP contribution in [0, 0.1) is 0 Å². The first-order chi connectivity index (χ1) is 9.13. The smallest absolute Gasteiger partial charge is 0.122 e. The van der Waals surface area contributed by atoms with Crippen LogP contribution in [0.15, 0.2) is 30.6 Å². The van der Waals surface area contributed by atoms with Gasteiger partial charge in [0, 0.05) is 31.9 Å². The number of aliphatic hydroxyl groups excluding tert-OH is 1. The van der Waals surface area contributed by atoms with Gasteiger partial charge in [0.15, 0.2) is 0 Å². The number of aryl methyl sites for hydroxylation is 1. The van der Waals surface area contributed by atoms with Gasteiger partial charge in [-0.15, -0.1) is 0 Å². The van der Waals surface area contributed by atoms with E-state index < -0.39 is 6.10 Å². The van der Waals surface area contributed by atoms with Gasteiger partial charge in [-0.05, 0) is 17.7 Å². The Labute approximate surface area is 112 Å². The molecule has 0 bridgehead atoms. The molecule has 2 rings (SSSR count). The molecule has 102 valence electrons. The Morgan fingerprint density at radius 1 is 1.21 bits per heavy atom. The van der Waals surface area contributed by atoms with Gasteiger partial charge in [-0.2, -0.15) is 0 Å². The average Bonchev–Trinajstić information content (AvgIpc) is 2.83. The van der Waals surface area contributed by atoms with E-state index in [-0.39, 0.29) is 0 Å². The quantitative estimate of drug-likeness (QED) is 0.891. The molecule has 5 heteroatoms. The summed E-state index contributed by atoms with van der Waals surface area (Å²) >= 11 is 0. The van der Waals surface area contributed by atoms with E-state index in [2.05, 4.69) is 4.98 Å². The molecule has 0 aliphatic carbocycles. The SMILES string of the molecule is COc1cc(OC)cc(C(O)Cc2nccn2C)c1. The zero-order chi connectivity index (χ0) is 13.8. The predicted octanol–water partition coefficient (Wildman–Crippen LogP) is 1.71. The van der Waals surface area contributed by atoms with Crippen molar-refractivity contribution in [2.24, 2.45) is 7.05 Å². The number of methoxy groups -OCH3 is 2. The van der Waals surface area contributed by atoms with Gasteiger partial charge in [0.25, 0.3) is 0 Å². The van der Waals surface area contributed by atoms with Crippen LogP contribution in [0.4, 0.5) is 0 Å². The number of imidazole rings is 1. The van der Waals surface area contributed by atoms with Crippen LogP contribution >= 0.6 is 0 Å². The second-order valence-electron chi connectivity index (χ2n) is 4.32. The van der Waals surface area contributed by atoms with Crippen molar-refractivity contribution < 1.29 is 14.6 Å². The van der Waals surface area contributed by atoms with Gasteiger partial charge in [0.1, 0.15) is 17.3 Å². The maximum Gasteiger partial charge on any atom is 0.122 e. The van der Waals surface area contributed by atoms with Crippen LogP contribution in [0.2, 0.25) is 0 Å². The molecule has 0 aliphatic heterocycles. The lowest BCUT2D eigenvalue weighted by Crippen LogP contribution is -2.07. The Hall–Kier alpha value is -2.01.